The second-order valence-electron chi connectivity index (χ2n) is 5.53. The van der Waals surface area contributed by atoms with E-state index >= 15 is 0 Å². The van der Waals surface area contributed by atoms with Crippen molar-refractivity contribution in [1.29, 1.82) is 0 Å². The van der Waals surface area contributed by atoms with Crippen LogP contribution in [0.3, 0.4) is 0 Å². The number of hydrogen-bond donors (Lipinski definition) is 0. The van der Waals surface area contributed by atoms with Gasteiger partial charge in [0.05, 0.1) is 5.56 Å². The molecule has 3 aromatic rings. The van der Waals surface area contributed by atoms with E-state index < -0.39 is 0 Å². The van der Waals surface area contributed by atoms with Gasteiger partial charge in [0.1, 0.15) is 5.76 Å². The first-order valence-electron chi connectivity index (χ1n) is 7.29. The maximum Gasteiger partial charge on any atom is 0.276 e. The fraction of sp³-hybridized carbons (Fsp3) is 0.333. The summed E-state index contributed by atoms with van der Waals surface area (Å²) in [7, 11) is 0. The minimum Gasteiger partial charge on any atom is -0.361 e. The van der Waals surface area contributed by atoms with Crippen molar-refractivity contribution in [2.75, 3.05) is 13.1 Å². The van der Waals surface area contributed by atoms with Crippen LogP contribution < -0.4 is 0 Å². The van der Waals surface area contributed by atoms with Crippen molar-refractivity contribution < 1.29 is 13.8 Å². The van der Waals surface area contributed by atoms with E-state index in [0.29, 0.717) is 36.3 Å². The molecular formula is C15H14N4O3S. The summed E-state index contributed by atoms with van der Waals surface area (Å²) in [6.07, 6.45) is 0.811. The summed E-state index contributed by atoms with van der Waals surface area (Å²) < 4.78 is 10.3. The lowest BCUT2D eigenvalue weighted by atomic mass is 10.1. The summed E-state index contributed by atoms with van der Waals surface area (Å²) in [5, 5.41) is 11.8. The summed E-state index contributed by atoms with van der Waals surface area (Å²) in [6, 6.07) is 3.60. The van der Waals surface area contributed by atoms with Crippen LogP contribution in [0.25, 0.3) is 11.5 Å². The molecule has 0 N–H and O–H groups in total. The molecule has 0 bridgehead atoms. The van der Waals surface area contributed by atoms with Gasteiger partial charge in [-0.05, 0) is 24.8 Å². The Hall–Kier alpha value is -2.48. The Labute approximate surface area is 135 Å². The third kappa shape index (κ3) is 2.65. The third-order valence-electron chi connectivity index (χ3n) is 3.90. The van der Waals surface area contributed by atoms with Gasteiger partial charge in [0.25, 0.3) is 11.8 Å². The molecule has 0 radical (unpaired) electrons. The van der Waals surface area contributed by atoms with E-state index in [-0.39, 0.29) is 11.8 Å². The second-order valence-corrected chi connectivity index (χ2v) is 6.31. The van der Waals surface area contributed by atoms with E-state index in [2.05, 4.69) is 15.3 Å². The highest BCUT2D eigenvalue weighted by molar-refractivity contribution is 7.08. The van der Waals surface area contributed by atoms with Crippen LogP contribution in [-0.4, -0.2) is 39.2 Å². The van der Waals surface area contributed by atoms with Crippen molar-refractivity contribution in [3.05, 3.63) is 40.2 Å². The predicted molar refractivity (Wildman–Crippen MR) is 82.1 cm³/mol. The van der Waals surface area contributed by atoms with E-state index in [9.17, 15) is 4.79 Å². The average molecular weight is 330 g/mol. The monoisotopic (exact) mass is 330 g/mol. The van der Waals surface area contributed by atoms with Crippen LogP contribution in [0.15, 0.2) is 31.9 Å². The van der Waals surface area contributed by atoms with Gasteiger partial charge in [-0.25, -0.2) is 0 Å². The van der Waals surface area contributed by atoms with Gasteiger partial charge in [0.15, 0.2) is 11.5 Å². The van der Waals surface area contributed by atoms with Gasteiger partial charge in [0.2, 0.25) is 0 Å². The van der Waals surface area contributed by atoms with Gasteiger partial charge >= 0.3 is 0 Å². The molecule has 23 heavy (non-hydrogen) atoms. The fourth-order valence-corrected chi connectivity index (χ4v) is 3.32. The number of hydrogen-bond acceptors (Lipinski definition) is 7. The zero-order chi connectivity index (χ0) is 15.8. The summed E-state index contributed by atoms with van der Waals surface area (Å²) in [5.41, 5.74) is 1.27. The molecule has 4 heterocycles. The van der Waals surface area contributed by atoms with Crippen LogP contribution in [0, 0.1) is 6.92 Å². The summed E-state index contributed by atoms with van der Waals surface area (Å²) in [5.74, 6) is 1.77. The second kappa shape index (κ2) is 5.62. The van der Waals surface area contributed by atoms with Crippen molar-refractivity contribution in [2.45, 2.75) is 19.3 Å². The topological polar surface area (TPSA) is 85.3 Å². The number of likely N-dealkylation sites (tertiary alicyclic amines) is 1. The van der Waals surface area contributed by atoms with Crippen molar-refractivity contribution >= 4 is 17.2 Å². The Morgan fingerprint density at radius 3 is 3.04 bits per heavy atom. The van der Waals surface area contributed by atoms with Gasteiger partial charge in [0, 0.05) is 30.5 Å². The Bertz CT molecular complexity index is 824. The maximum absolute atomic E-state index is 12.4. The molecule has 1 atom stereocenters. The zero-order valence-corrected chi connectivity index (χ0v) is 13.2. The normalized spacial score (nSPS) is 17.8. The zero-order valence-electron chi connectivity index (χ0n) is 12.4. The van der Waals surface area contributed by atoms with Crippen LogP contribution >= 0.6 is 11.3 Å². The van der Waals surface area contributed by atoms with E-state index in [0.717, 1.165) is 12.0 Å². The number of aromatic nitrogens is 3. The molecule has 4 rings (SSSR count). The number of aryl methyl sites for hydroxylation is 1. The van der Waals surface area contributed by atoms with Crippen LogP contribution in [0.4, 0.5) is 0 Å². The number of carbonyl (C=O) groups excluding carboxylic acids is 1. The van der Waals surface area contributed by atoms with Crippen molar-refractivity contribution in [3.63, 3.8) is 0 Å². The molecule has 7 nitrogen and oxygen atoms in total. The Balaban J connectivity index is 1.47. The molecular weight excluding hydrogens is 316 g/mol. The van der Waals surface area contributed by atoms with Crippen LogP contribution in [0.1, 0.15) is 34.4 Å². The van der Waals surface area contributed by atoms with Crippen molar-refractivity contribution in [2.24, 2.45) is 0 Å². The standard InChI is InChI=1S/C15H14N4O3S/c1-9-6-12(17-21-9)15(20)19-4-2-10(7-19)13-16-14(22-18-13)11-3-5-23-8-11/h3,5-6,8,10H,2,4,7H2,1H3/t10-/m1/s1. The number of amides is 1. The Morgan fingerprint density at radius 2 is 2.30 bits per heavy atom. The largest absolute Gasteiger partial charge is 0.361 e. The molecule has 0 saturated carbocycles. The first kappa shape index (κ1) is 14.1. The number of rotatable bonds is 3. The van der Waals surface area contributed by atoms with E-state index in [4.69, 9.17) is 9.05 Å². The third-order valence-corrected chi connectivity index (χ3v) is 4.58. The minimum absolute atomic E-state index is 0.0862. The maximum atomic E-state index is 12.4. The molecule has 0 aliphatic carbocycles. The molecule has 3 aromatic heterocycles. The quantitative estimate of drug-likeness (QED) is 0.734. The molecule has 1 fully saturated rings. The predicted octanol–water partition coefficient (Wildman–Crippen LogP) is 2.72. The summed E-state index contributed by atoms with van der Waals surface area (Å²) >= 11 is 1.58. The van der Waals surface area contributed by atoms with Gasteiger partial charge in [-0.1, -0.05) is 10.3 Å². The Kier molecular flexibility index (Phi) is 3.45. The average Bonchev–Trinajstić information content (AvgIpc) is 3.30. The Morgan fingerprint density at radius 1 is 1.39 bits per heavy atom. The SMILES string of the molecule is Cc1cc(C(=O)N2CC[C@@H](c3noc(-c4ccsc4)n3)C2)no1. The van der Waals surface area contributed by atoms with Crippen molar-refractivity contribution in [3.8, 4) is 11.5 Å². The van der Waals surface area contributed by atoms with Gasteiger partial charge < -0.3 is 13.9 Å². The molecule has 0 aromatic carbocycles. The molecule has 118 valence electrons. The molecule has 1 aliphatic heterocycles. The molecule has 0 spiro atoms. The molecule has 0 unspecified atom stereocenters. The summed E-state index contributed by atoms with van der Waals surface area (Å²) in [4.78, 5) is 18.6. The minimum atomic E-state index is -0.120. The van der Waals surface area contributed by atoms with E-state index in [1.54, 1.807) is 29.2 Å². The van der Waals surface area contributed by atoms with Crippen LogP contribution in [-0.2, 0) is 0 Å². The fourth-order valence-electron chi connectivity index (χ4n) is 2.69. The number of nitrogens with zero attached hydrogens (tertiary/aromatic N) is 4. The van der Waals surface area contributed by atoms with Crippen LogP contribution in [0.5, 0.6) is 0 Å². The van der Waals surface area contributed by atoms with Gasteiger partial charge in [-0.2, -0.15) is 16.3 Å². The van der Waals surface area contributed by atoms with E-state index in [1.165, 1.54) is 0 Å². The highest BCUT2D eigenvalue weighted by Crippen LogP contribution is 2.28. The van der Waals surface area contributed by atoms with Crippen LogP contribution in [0.2, 0.25) is 0 Å². The number of carbonyl (C=O) groups is 1. The first-order valence-corrected chi connectivity index (χ1v) is 8.24. The highest BCUT2D eigenvalue weighted by atomic mass is 32.1. The molecule has 1 aliphatic rings. The highest BCUT2D eigenvalue weighted by Gasteiger charge is 2.32. The number of thiophene rings is 1. The van der Waals surface area contributed by atoms with E-state index in [1.807, 2.05) is 16.8 Å². The lowest BCUT2D eigenvalue weighted by Gasteiger charge is -2.13. The lowest BCUT2D eigenvalue weighted by molar-refractivity contribution is 0.0780. The first-order chi connectivity index (χ1) is 11.2. The lowest BCUT2D eigenvalue weighted by Crippen LogP contribution is -2.28. The molecule has 1 saturated heterocycles. The smallest absolute Gasteiger partial charge is 0.276 e. The molecule has 1 amide bonds. The molecule has 8 heteroatoms. The van der Waals surface area contributed by atoms with Gasteiger partial charge in [-0.3, -0.25) is 4.79 Å². The van der Waals surface area contributed by atoms with Crippen molar-refractivity contribution in [1.82, 2.24) is 20.2 Å². The van der Waals surface area contributed by atoms with Gasteiger partial charge in [-0.15, -0.1) is 0 Å². The summed E-state index contributed by atoms with van der Waals surface area (Å²) in [6.45, 7) is 2.98.